The summed E-state index contributed by atoms with van der Waals surface area (Å²) in [4.78, 5) is 6.89. The van der Waals surface area contributed by atoms with Gasteiger partial charge in [0.15, 0.2) is 0 Å². The van der Waals surface area contributed by atoms with Gasteiger partial charge >= 0.3 is 0 Å². The van der Waals surface area contributed by atoms with Gasteiger partial charge < -0.3 is 18.4 Å². The van der Waals surface area contributed by atoms with E-state index >= 15 is 0 Å². The van der Waals surface area contributed by atoms with Crippen LogP contribution in [0.1, 0.15) is 56.9 Å². The lowest BCUT2D eigenvalue weighted by Gasteiger charge is -2.35. The Kier molecular flexibility index (Phi) is 12.8. The van der Waals surface area contributed by atoms with E-state index in [1.54, 1.807) is 34.0 Å². The predicted octanol–water partition coefficient (Wildman–Crippen LogP) is 9.10. The van der Waals surface area contributed by atoms with Gasteiger partial charge in [0.25, 0.3) is 0 Å². The van der Waals surface area contributed by atoms with E-state index in [1.807, 2.05) is 24.3 Å². The van der Waals surface area contributed by atoms with Crippen LogP contribution in [0.25, 0.3) is 19.5 Å². The van der Waals surface area contributed by atoms with E-state index in [1.165, 1.54) is 19.5 Å². The zero-order valence-electron chi connectivity index (χ0n) is 27.8. The molecule has 238 valence electrons. The summed E-state index contributed by atoms with van der Waals surface area (Å²) in [5.74, 6) is 11.3. The maximum absolute atomic E-state index is 6.40. The predicted molar refractivity (Wildman–Crippen MR) is 196 cm³/mol. The van der Waals surface area contributed by atoms with Gasteiger partial charge in [0, 0.05) is 19.5 Å². The first-order valence-corrected chi connectivity index (χ1v) is 18.7. The number of quaternary nitrogens is 2. The zero-order chi connectivity index (χ0) is 32.3. The third-order valence-electron chi connectivity index (χ3n) is 9.40. The molecule has 0 aliphatic carbocycles. The first-order valence-electron chi connectivity index (χ1n) is 16.2. The highest BCUT2D eigenvalue weighted by Crippen LogP contribution is 2.39. The van der Waals surface area contributed by atoms with Gasteiger partial charge in [0.05, 0.1) is 54.6 Å². The highest BCUT2D eigenvalue weighted by atomic mass is 32.1. The van der Waals surface area contributed by atoms with Crippen LogP contribution in [0, 0.1) is 24.2 Å². The van der Waals surface area contributed by atoms with E-state index in [0.29, 0.717) is 13.2 Å². The Morgan fingerprint density at radius 1 is 0.578 bits per heavy atom. The van der Waals surface area contributed by atoms with E-state index in [0.717, 1.165) is 88.1 Å². The summed E-state index contributed by atoms with van der Waals surface area (Å²) < 4.78 is 14.8. The molecular weight excluding hydrogens is 613 g/mol. The molecular formula is C38H48N2O2S3+2. The van der Waals surface area contributed by atoms with Gasteiger partial charge in [0.2, 0.25) is 0 Å². The normalized spacial score (nSPS) is 11.6. The van der Waals surface area contributed by atoms with Crippen molar-refractivity contribution in [3.8, 4) is 55.2 Å². The van der Waals surface area contributed by atoms with Crippen molar-refractivity contribution in [3.63, 3.8) is 0 Å². The summed E-state index contributed by atoms with van der Waals surface area (Å²) in [7, 11) is 0. The Bertz CT molecular complexity index is 1600. The van der Waals surface area contributed by atoms with Crippen LogP contribution < -0.4 is 9.47 Å². The standard InChI is InChI=1S/C38H48N2O2S3/c1-8-32-18-21-35(43-32)37-23-24-38(45-37)36-22-19-33(44-36)17-15-30-29-31(41-27-25-39(9-2,10-3)11-4)16-20-34(30)42-28-26-40(12-5,13-6)14-7/h1,16,18-24,29H,9-14,25-28H2,2-7H3/q+2. The second kappa shape index (κ2) is 16.5. The maximum atomic E-state index is 6.40. The van der Waals surface area contributed by atoms with Crippen LogP contribution in [0.2, 0.25) is 0 Å². The van der Waals surface area contributed by atoms with Crippen molar-refractivity contribution in [1.29, 1.82) is 0 Å². The molecule has 7 heteroatoms. The summed E-state index contributed by atoms with van der Waals surface area (Å²) >= 11 is 5.17. The molecule has 0 aliphatic rings. The molecule has 0 amide bonds. The van der Waals surface area contributed by atoms with Gasteiger partial charge in [-0.3, -0.25) is 0 Å². The molecule has 0 saturated carbocycles. The molecule has 0 saturated heterocycles. The van der Waals surface area contributed by atoms with Crippen molar-refractivity contribution < 1.29 is 18.4 Å². The number of rotatable bonds is 16. The Hall–Kier alpha value is -3.04. The largest absolute Gasteiger partial charge is 0.488 e. The molecule has 0 aliphatic heterocycles. The molecule has 0 bridgehead atoms. The van der Waals surface area contributed by atoms with Gasteiger partial charge in [-0.05, 0) is 96.1 Å². The number of likely N-dealkylation sites (N-methyl/N-ethyl adjacent to an activating group) is 2. The number of nitrogens with zero attached hydrogens (tertiary/aromatic N) is 2. The van der Waals surface area contributed by atoms with Crippen molar-refractivity contribution in [1.82, 2.24) is 0 Å². The number of terminal acetylenes is 1. The Morgan fingerprint density at radius 3 is 1.60 bits per heavy atom. The molecule has 45 heavy (non-hydrogen) atoms. The maximum Gasteiger partial charge on any atom is 0.137 e. The summed E-state index contributed by atoms with van der Waals surface area (Å²) in [6.45, 7) is 23.6. The first-order chi connectivity index (χ1) is 21.9. The molecule has 0 N–H and O–H groups in total. The van der Waals surface area contributed by atoms with E-state index in [9.17, 15) is 0 Å². The molecule has 0 unspecified atom stereocenters. The highest BCUT2D eigenvalue weighted by molar-refractivity contribution is 7.26. The summed E-state index contributed by atoms with van der Waals surface area (Å²) in [5.41, 5.74) is 0.868. The third kappa shape index (κ3) is 8.82. The number of thiophene rings is 3. The first kappa shape index (κ1) is 34.8. The minimum Gasteiger partial charge on any atom is -0.488 e. The molecule has 0 radical (unpaired) electrons. The quantitative estimate of drug-likeness (QED) is 0.0882. The van der Waals surface area contributed by atoms with E-state index in [-0.39, 0.29) is 0 Å². The fourth-order valence-corrected chi connectivity index (χ4v) is 8.50. The number of ether oxygens (including phenoxy) is 2. The zero-order valence-corrected chi connectivity index (χ0v) is 30.2. The topological polar surface area (TPSA) is 18.5 Å². The van der Waals surface area contributed by atoms with Gasteiger partial charge in [-0.1, -0.05) is 17.8 Å². The van der Waals surface area contributed by atoms with Crippen molar-refractivity contribution >= 4 is 34.0 Å². The monoisotopic (exact) mass is 660 g/mol. The smallest absolute Gasteiger partial charge is 0.137 e. The number of benzene rings is 1. The number of hydrogen-bond acceptors (Lipinski definition) is 5. The lowest BCUT2D eigenvalue weighted by Crippen LogP contribution is -2.49. The summed E-state index contributed by atoms with van der Waals surface area (Å²) in [6, 6.07) is 18.9. The molecule has 0 spiro atoms. The Labute approximate surface area is 283 Å². The summed E-state index contributed by atoms with van der Waals surface area (Å²) in [6.07, 6.45) is 5.58. The van der Waals surface area contributed by atoms with Crippen molar-refractivity contribution in [2.24, 2.45) is 0 Å². The molecule has 4 aromatic rings. The fourth-order valence-electron chi connectivity index (χ4n) is 5.64. The Balaban J connectivity index is 1.53. The minimum atomic E-state index is 0.658. The molecule has 0 fully saturated rings. The van der Waals surface area contributed by atoms with Gasteiger partial charge in [-0.25, -0.2) is 0 Å². The second-order valence-corrected chi connectivity index (χ2v) is 14.5. The van der Waals surface area contributed by atoms with Crippen molar-refractivity contribution in [3.05, 3.63) is 69.9 Å². The van der Waals surface area contributed by atoms with Crippen LogP contribution in [0.4, 0.5) is 0 Å². The van der Waals surface area contributed by atoms with Gasteiger partial charge in [-0.2, -0.15) is 0 Å². The molecule has 1 aromatic carbocycles. The Morgan fingerprint density at radius 2 is 1.07 bits per heavy atom. The van der Waals surface area contributed by atoms with Crippen LogP contribution in [-0.2, 0) is 0 Å². The van der Waals surface area contributed by atoms with Crippen LogP contribution in [-0.4, -0.2) is 74.5 Å². The highest BCUT2D eigenvalue weighted by Gasteiger charge is 2.22. The number of hydrogen-bond donors (Lipinski definition) is 0. The van der Waals surface area contributed by atoms with Crippen LogP contribution in [0.15, 0.2) is 54.6 Å². The minimum absolute atomic E-state index is 0.658. The molecule has 3 heterocycles. The van der Waals surface area contributed by atoms with Crippen LogP contribution in [0.5, 0.6) is 11.5 Å². The lowest BCUT2D eigenvalue weighted by molar-refractivity contribution is -0.923. The molecule has 3 aromatic heterocycles. The van der Waals surface area contributed by atoms with Gasteiger partial charge in [0.1, 0.15) is 37.8 Å². The SMILES string of the molecule is C#Cc1ccc(-c2ccc(-c3ccc(C#Cc4cc(OCC[N+](CC)(CC)CC)ccc4OCC[N+](CC)(CC)CC)s3)s2)s1. The molecule has 4 nitrogen and oxygen atoms in total. The van der Waals surface area contributed by atoms with E-state index in [2.05, 4.69) is 89.6 Å². The second-order valence-electron chi connectivity index (χ2n) is 11.3. The van der Waals surface area contributed by atoms with Crippen LogP contribution >= 0.6 is 34.0 Å². The molecule has 0 atom stereocenters. The third-order valence-corrected chi connectivity index (χ3v) is 12.9. The fraction of sp³-hybridized carbons (Fsp3) is 0.421. The van der Waals surface area contributed by atoms with Crippen molar-refractivity contribution in [2.75, 3.05) is 65.6 Å². The van der Waals surface area contributed by atoms with Crippen LogP contribution in [0.3, 0.4) is 0 Å². The molecule has 4 rings (SSSR count). The van der Waals surface area contributed by atoms with Crippen molar-refractivity contribution in [2.45, 2.75) is 41.5 Å². The van der Waals surface area contributed by atoms with E-state index in [4.69, 9.17) is 15.9 Å². The lowest BCUT2D eigenvalue weighted by atomic mass is 10.2. The van der Waals surface area contributed by atoms with E-state index < -0.39 is 0 Å². The average Bonchev–Trinajstić information content (AvgIpc) is 3.86. The summed E-state index contributed by atoms with van der Waals surface area (Å²) in [5, 5.41) is 0. The van der Waals surface area contributed by atoms with Gasteiger partial charge in [-0.15, -0.1) is 40.4 Å². The average molecular weight is 661 g/mol.